The second-order valence-electron chi connectivity index (χ2n) is 1.11. The van der Waals surface area contributed by atoms with Gasteiger partial charge < -0.3 is 21.1 Å². The quantitative estimate of drug-likeness (QED) is 0.363. The van der Waals surface area contributed by atoms with Crippen LogP contribution in [0.2, 0.25) is 0 Å². The molecule has 48 valence electrons. The first kappa shape index (κ1) is 22.8. The maximum Gasteiger partial charge on any atom is 1.00 e. The Kier molecular flexibility index (Phi) is 39.5. The minimum Gasteiger partial charge on any atom is -0.668 e. The van der Waals surface area contributed by atoms with E-state index in [2.05, 4.69) is 0 Å². The fourth-order valence-electron chi connectivity index (χ4n) is 0. The van der Waals surface area contributed by atoms with Gasteiger partial charge in [0.15, 0.2) is 0 Å². The molecule has 0 bridgehead atoms. The molecule has 0 aliphatic carbocycles. The van der Waals surface area contributed by atoms with Crippen LogP contribution in [0.3, 0.4) is 0 Å². The molecule has 2 amide bonds. The first-order valence-electron chi connectivity index (χ1n) is 1.91. The zero-order chi connectivity index (χ0) is 7.15. The fourth-order valence-corrected chi connectivity index (χ4v) is 0. The van der Waals surface area contributed by atoms with Crippen molar-refractivity contribution in [3.63, 3.8) is 0 Å². The largest absolute Gasteiger partial charge is 1.00 e. The van der Waals surface area contributed by atoms with Crippen LogP contribution in [0.5, 0.6) is 0 Å². The van der Waals surface area contributed by atoms with Gasteiger partial charge in [0.25, 0.3) is 0 Å². The monoisotopic (exact) mass is 194 g/mol. The van der Waals surface area contributed by atoms with Crippen molar-refractivity contribution in [2.24, 2.45) is 0 Å². The maximum absolute atomic E-state index is 9.11. The molecule has 0 heterocycles. The average molecular weight is 194 g/mol. The summed E-state index contributed by atoms with van der Waals surface area (Å²) in [5.41, 5.74) is 11.9. The van der Waals surface area contributed by atoms with Crippen molar-refractivity contribution >= 4 is 11.8 Å². The van der Waals surface area contributed by atoms with Gasteiger partial charge in [-0.3, -0.25) is 0 Å². The summed E-state index contributed by atoms with van der Waals surface area (Å²) >= 11 is 0. The summed E-state index contributed by atoms with van der Waals surface area (Å²) in [4.78, 5) is 18.2. The molecule has 0 unspecified atom stereocenters. The van der Waals surface area contributed by atoms with E-state index in [1.54, 1.807) is 0 Å². The van der Waals surface area contributed by atoms with Crippen molar-refractivity contribution in [3.8, 4) is 0 Å². The van der Waals surface area contributed by atoms with E-state index in [1.807, 2.05) is 0 Å². The predicted octanol–water partition coefficient (Wildman–Crippen LogP) is -4.82. The topological polar surface area (TPSA) is 81.7 Å². The molecule has 0 aromatic carbocycles. The van der Waals surface area contributed by atoms with Crippen LogP contribution < -0.4 is 103 Å². The number of nitrogens with one attached hydrogen (secondary N) is 2. The second kappa shape index (κ2) is 17.3. The van der Waals surface area contributed by atoms with Crippen LogP contribution >= 0.6 is 0 Å². The van der Waals surface area contributed by atoms with Crippen molar-refractivity contribution in [2.75, 3.05) is 0 Å². The molecule has 0 saturated carbocycles. The van der Waals surface area contributed by atoms with Crippen molar-refractivity contribution in [1.82, 2.24) is 0 Å². The van der Waals surface area contributed by atoms with E-state index in [0.717, 1.165) is 0 Å². The van der Waals surface area contributed by atoms with Crippen LogP contribution in [0, 0.1) is 0 Å². The van der Waals surface area contributed by atoms with E-state index in [1.165, 1.54) is 13.8 Å². The third-order valence-corrected chi connectivity index (χ3v) is 0. The number of rotatable bonds is 0. The second-order valence-corrected chi connectivity index (χ2v) is 1.11. The Labute approximate surface area is 146 Å². The van der Waals surface area contributed by atoms with Crippen LogP contribution in [0.15, 0.2) is 0 Å². The zero-order valence-electron chi connectivity index (χ0n) is 6.82. The summed E-state index contributed by atoms with van der Waals surface area (Å²) in [7, 11) is 0. The van der Waals surface area contributed by atoms with E-state index < -0.39 is 11.8 Å². The Morgan fingerprint density at radius 1 is 0.900 bits per heavy atom. The van der Waals surface area contributed by atoms with E-state index in [0.29, 0.717) is 0 Å². The van der Waals surface area contributed by atoms with E-state index in [4.69, 9.17) is 21.1 Å². The summed E-state index contributed by atoms with van der Waals surface area (Å²) in [6.45, 7) is 2.39. The molecule has 0 aliphatic heterocycles. The summed E-state index contributed by atoms with van der Waals surface area (Å²) < 4.78 is 0. The van der Waals surface area contributed by atoms with Crippen molar-refractivity contribution in [1.29, 1.82) is 0 Å². The number of hydrogen-bond acceptors (Lipinski definition) is 2. The van der Waals surface area contributed by atoms with Crippen LogP contribution in [-0.2, 0) is 9.59 Å². The molecule has 0 spiro atoms. The fraction of sp³-hybridized carbons (Fsp3) is 0.500. The number of carbonyl (C=O) groups is 2. The molecule has 6 heteroatoms. The van der Waals surface area contributed by atoms with Crippen molar-refractivity contribution < 1.29 is 112 Å². The molecular formula is C4H8K2N2O2. The third kappa shape index (κ3) is 177. The van der Waals surface area contributed by atoms with Gasteiger partial charge in [0, 0.05) is 11.8 Å². The third-order valence-electron chi connectivity index (χ3n) is 0. The predicted molar refractivity (Wildman–Crippen MR) is 30.0 cm³/mol. The standard InChI is InChI=1S/2C2H5NO.2K/c2*1-2(3)4;;/h2*1H3,(H2,3,4);;/q;;2*+1/p-2. The molecule has 0 saturated heterocycles. The average Bonchev–Trinajstić information content (AvgIpc) is 1.25. The van der Waals surface area contributed by atoms with Gasteiger partial charge in [0.1, 0.15) is 0 Å². The van der Waals surface area contributed by atoms with Gasteiger partial charge in [-0.1, -0.05) is 0 Å². The number of carbonyl (C=O) groups excluding carboxylic acids is 2. The van der Waals surface area contributed by atoms with Crippen LogP contribution in [0.4, 0.5) is 0 Å². The number of hydrogen-bond donors (Lipinski definition) is 0. The van der Waals surface area contributed by atoms with Crippen LogP contribution in [0.25, 0.3) is 11.5 Å². The van der Waals surface area contributed by atoms with Crippen molar-refractivity contribution in [3.05, 3.63) is 11.5 Å². The smallest absolute Gasteiger partial charge is 0.668 e. The van der Waals surface area contributed by atoms with Gasteiger partial charge in [-0.25, -0.2) is 0 Å². The molecule has 0 radical (unpaired) electrons. The number of amides is 2. The van der Waals surface area contributed by atoms with Crippen LogP contribution in [0.1, 0.15) is 13.8 Å². The normalized spacial score (nSPS) is 5.00. The molecule has 0 rings (SSSR count). The summed E-state index contributed by atoms with van der Waals surface area (Å²) in [6, 6.07) is 0. The van der Waals surface area contributed by atoms with Gasteiger partial charge in [0.2, 0.25) is 0 Å². The first-order chi connectivity index (χ1) is 3.46. The Morgan fingerprint density at radius 3 is 0.900 bits per heavy atom. The van der Waals surface area contributed by atoms with E-state index in [-0.39, 0.29) is 103 Å². The molecule has 0 aliphatic rings. The Bertz CT molecular complexity index is 77.3. The summed E-state index contributed by atoms with van der Waals surface area (Å²) in [5, 5.41) is 0. The molecule has 0 aromatic rings. The van der Waals surface area contributed by atoms with E-state index >= 15 is 0 Å². The SMILES string of the molecule is CC([NH-])=O.CC([NH-])=O.[K+].[K+]. The Hall–Kier alpha value is 2.21. The minimum atomic E-state index is -0.583. The van der Waals surface area contributed by atoms with Gasteiger partial charge in [0.05, 0.1) is 0 Å². The molecule has 0 aromatic heterocycles. The molecule has 0 atom stereocenters. The summed E-state index contributed by atoms with van der Waals surface area (Å²) in [5.74, 6) is -1.17. The molecular weight excluding hydrogens is 186 g/mol. The summed E-state index contributed by atoms with van der Waals surface area (Å²) in [6.07, 6.45) is 0. The maximum atomic E-state index is 9.11. The minimum absolute atomic E-state index is 0. The van der Waals surface area contributed by atoms with Gasteiger partial charge in [-0.2, -0.15) is 0 Å². The van der Waals surface area contributed by atoms with Gasteiger partial charge in [-0.15, -0.1) is 0 Å². The zero-order valence-corrected chi connectivity index (χ0v) is 13.1. The van der Waals surface area contributed by atoms with Crippen LogP contribution in [-0.4, -0.2) is 11.8 Å². The first-order valence-corrected chi connectivity index (χ1v) is 1.91. The van der Waals surface area contributed by atoms with Gasteiger partial charge >= 0.3 is 103 Å². The van der Waals surface area contributed by atoms with E-state index in [9.17, 15) is 0 Å². The molecule has 10 heavy (non-hydrogen) atoms. The molecule has 4 nitrogen and oxygen atoms in total. The Balaban J connectivity index is -0.0000000300. The van der Waals surface area contributed by atoms with Gasteiger partial charge in [-0.05, 0) is 13.8 Å². The molecule has 0 fully saturated rings. The molecule has 2 N–H and O–H groups in total. The Morgan fingerprint density at radius 2 is 0.900 bits per heavy atom. The van der Waals surface area contributed by atoms with Crippen molar-refractivity contribution in [2.45, 2.75) is 13.8 Å².